The molecule has 216 valence electrons. The summed E-state index contributed by atoms with van der Waals surface area (Å²) < 4.78 is 2.00. The second-order valence-electron chi connectivity index (χ2n) is 14.0. The van der Waals surface area contributed by atoms with E-state index in [1.807, 2.05) is 23.0 Å². The van der Waals surface area contributed by atoms with Gasteiger partial charge in [0.05, 0.1) is 40.8 Å². The fourth-order valence-corrected chi connectivity index (χ4v) is 11.4. The highest BCUT2D eigenvalue weighted by molar-refractivity contribution is 6.28. The molecule has 0 spiro atoms. The number of rotatable bonds is 5. The van der Waals surface area contributed by atoms with Crippen LogP contribution in [0.15, 0.2) is 36.8 Å². The predicted octanol–water partition coefficient (Wildman–Crippen LogP) is 2.47. The molecule has 3 aliphatic heterocycles. The van der Waals surface area contributed by atoms with E-state index in [9.17, 15) is 19.2 Å². The van der Waals surface area contributed by atoms with Crippen LogP contribution in [0.25, 0.3) is 10.8 Å². The Hall–Kier alpha value is -4.28. The van der Waals surface area contributed by atoms with Crippen LogP contribution in [0.4, 0.5) is 17.2 Å². The number of amides is 4. The molecule has 0 radical (unpaired) electrons. The van der Waals surface area contributed by atoms with Gasteiger partial charge in [-0.05, 0) is 66.8 Å². The highest BCUT2D eigenvalue weighted by Crippen LogP contribution is 3.06. The van der Waals surface area contributed by atoms with E-state index in [1.54, 1.807) is 18.5 Å². The fourth-order valence-electron chi connectivity index (χ4n) is 11.4. The maximum Gasteiger partial charge on any atom is 0.259 e. The van der Waals surface area contributed by atoms with Gasteiger partial charge in [0.1, 0.15) is 11.9 Å². The lowest BCUT2D eigenvalue weighted by molar-refractivity contribution is -0.597. The van der Waals surface area contributed by atoms with Gasteiger partial charge in [0.25, 0.3) is 5.91 Å². The Morgan fingerprint density at radius 3 is 2.49 bits per heavy atom. The van der Waals surface area contributed by atoms with Crippen LogP contribution in [0, 0.1) is 46.8 Å². The Bertz CT molecular complexity index is 1820. The Labute approximate surface area is 246 Å². The van der Waals surface area contributed by atoms with Crippen molar-refractivity contribution in [2.75, 3.05) is 23.3 Å². The number of nitrogens with zero attached hydrogens (tertiary/aromatic N) is 5. The first-order chi connectivity index (χ1) is 21.0. The Morgan fingerprint density at radius 2 is 1.74 bits per heavy atom. The van der Waals surface area contributed by atoms with Gasteiger partial charge in [-0.2, -0.15) is 5.10 Å². The first-order valence-corrected chi connectivity index (χ1v) is 15.7. The maximum absolute atomic E-state index is 13.6. The van der Waals surface area contributed by atoms with Gasteiger partial charge in [0.15, 0.2) is 0 Å². The third-order valence-corrected chi connectivity index (χ3v) is 13.0. The number of likely N-dealkylation sites (tertiary alicyclic amines) is 1. The molecule has 2 N–H and O–H groups in total. The molecule has 2 saturated heterocycles. The highest BCUT2D eigenvalue weighted by Gasteiger charge is 3.06. The zero-order chi connectivity index (χ0) is 28.5. The molecular formula is C32H29N7O4. The van der Waals surface area contributed by atoms with Crippen molar-refractivity contribution in [3.8, 4) is 0 Å². The number of pyridine rings is 1. The number of anilines is 3. The smallest absolute Gasteiger partial charge is 0.259 e. The Kier molecular flexibility index (Phi) is 3.92. The highest BCUT2D eigenvalue weighted by atomic mass is 16.2. The second kappa shape index (κ2) is 7.26. The first-order valence-electron chi connectivity index (χ1n) is 15.7. The average Bonchev–Trinajstić information content (AvgIpc) is 3.61. The monoisotopic (exact) mass is 575 g/mol. The number of benzene rings is 1. The summed E-state index contributed by atoms with van der Waals surface area (Å²) in [5, 5.41) is 11.9. The zero-order valence-electron chi connectivity index (χ0n) is 23.3. The molecule has 11 nitrogen and oxygen atoms in total. The zero-order valence-corrected chi connectivity index (χ0v) is 23.3. The van der Waals surface area contributed by atoms with Crippen LogP contribution in [0.2, 0.25) is 0 Å². The normalized spacial score (nSPS) is 38.9. The van der Waals surface area contributed by atoms with E-state index in [4.69, 9.17) is 0 Å². The fraction of sp³-hybridized carbons (Fsp3) is 0.500. The molecule has 1 atom stereocenters. The summed E-state index contributed by atoms with van der Waals surface area (Å²) in [7, 11) is 0. The standard InChI is InChI=1S/C32H29N7O4/c40-19-5-4-17(29(41)36-19)39-18-11-33-28(15-2-1-3-16(20(15)18)30(39)42)35-13-10-34-38(12-13)14-6-8-37(9-7-14)31(43)32-25-22-21-23(25)27(32)24(21)26(22)32/h1-3,10-12,14,17,21-27H,4-9H2,(H,33,35)(H,36,40,41). The molecule has 43 heavy (non-hydrogen) atoms. The van der Waals surface area contributed by atoms with Gasteiger partial charge >= 0.3 is 0 Å². The largest absolute Gasteiger partial charge is 0.342 e. The molecule has 1 unspecified atom stereocenters. The summed E-state index contributed by atoms with van der Waals surface area (Å²) in [4.78, 5) is 59.6. The quantitative estimate of drug-likeness (QED) is 0.447. The van der Waals surface area contributed by atoms with Gasteiger partial charge in [-0.1, -0.05) is 12.1 Å². The number of carbonyl (C=O) groups is 4. The molecule has 2 aromatic heterocycles. The summed E-state index contributed by atoms with van der Waals surface area (Å²) in [5.41, 5.74) is 1.98. The minimum absolute atomic E-state index is 0.0839. The predicted molar refractivity (Wildman–Crippen MR) is 152 cm³/mol. The summed E-state index contributed by atoms with van der Waals surface area (Å²) in [6.45, 7) is 1.61. The molecule has 11 heteroatoms. The Morgan fingerprint density at radius 1 is 0.977 bits per heavy atom. The summed E-state index contributed by atoms with van der Waals surface area (Å²) in [6.07, 6.45) is 7.68. The molecule has 1 aromatic carbocycles. The molecule has 5 heterocycles. The summed E-state index contributed by atoms with van der Waals surface area (Å²) in [6, 6.07) is 4.99. The average molecular weight is 576 g/mol. The second-order valence-corrected chi connectivity index (χ2v) is 14.0. The number of imide groups is 1. The van der Waals surface area contributed by atoms with Crippen molar-refractivity contribution >= 4 is 51.6 Å². The number of piperidine rings is 2. The molecule has 0 bridgehead atoms. The molecule has 6 saturated carbocycles. The lowest BCUT2D eigenvalue weighted by atomic mass is 8.96. The summed E-state index contributed by atoms with van der Waals surface area (Å²) >= 11 is 0. The van der Waals surface area contributed by atoms with Crippen LogP contribution in [0.1, 0.15) is 42.1 Å². The van der Waals surface area contributed by atoms with Crippen LogP contribution in [0.5, 0.6) is 0 Å². The Balaban J connectivity index is 0.810. The number of hydrogen-bond donors (Lipinski definition) is 2. The van der Waals surface area contributed by atoms with Gasteiger partial charge in [0.2, 0.25) is 17.7 Å². The number of carbonyl (C=O) groups excluding carboxylic acids is 4. The third-order valence-electron chi connectivity index (χ3n) is 13.0. The molecular weight excluding hydrogens is 546 g/mol. The van der Waals surface area contributed by atoms with Crippen LogP contribution in [0.3, 0.4) is 0 Å². The van der Waals surface area contributed by atoms with E-state index in [2.05, 4.69) is 25.6 Å². The SMILES string of the molecule is O=C1CCC(N2C(=O)c3cccc4c(Nc5cnn(C6CCN(C(=O)C78C9C%10C%11C9C7C%11C%108)CC6)c5)ncc2c34)C(=O)N1. The minimum Gasteiger partial charge on any atom is -0.342 e. The van der Waals surface area contributed by atoms with Crippen molar-refractivity contribution in [1.82, 2.24) is 25.0 Å². The van der Waals surface area contributed by atoms with Crippen molar-refractivity contribution in [1.29, 1.82) is 0 Å². The maximum atomic E-state index is 13.6. The summed E-state index contributed by atoms with van der Waals surface area (Å²) in [5.74, 6) is 6.10. The lowest BCUT2D eigenvalue weighted by Gasteiger charge is -3.06. The van der Waals surface area contributed by atoms with Crippen LogP contribution in [-0.2, 0) is 14.4 Å². The van der Waals surface area contributed by atoms with Crippen molar-refractivity contribution in [2.24, 2.45) is 46.8 Å². The minimum atomic E-state index is -0.748. The van der Waals surface area contributed by atoms with Gasteiger partial charge in [0, 0.05) is 36.5 Å². The van der Waals surface area contributed by atoms with E-state index in [1.165, 1.54) is 4.90 Å². The third kappa shape index (κ3) is 2.36. The molecule has 8 fully saturated rings. The van der Waals surface area contributed by atoms with E-state index >= 15 is 0 Å². The number of aromatic nitrogens is 3. The van der Waals surface area contributed by atoms with E-state index in [-0.39, 0.29) is 36.1 Å². The molecule has 12 rings (SSSR count). The lowest BCUT2D eigenvalue weighted by Crippen LogP contribution is -3.07. The van der Waals surface area contributed by atoms with Crippen LogP contribution >= 0.6 is 0 Å². The van der Waals surface area contributed by atoms with Crippen molar-refractivity contribution in [3.63, 3.8) is 0 Å². The van der Waals surface area contributed by atoms with Crippen LogP contribution < -0.4 is 15.5 Å². The van der Waals surface area contributed by atoms with Gasteiger partial charge in [-0.15, -0.1) is 0 Å². The van der Waals surface area contributed by atoms with E-state index in [0.29, 0.717) is 23.0 Å². The van der Waals surface area contributed by atoms with E-state index in [0.717, 1.165) is 83.8 Å². The van der Waals surface area contributed by atoms with Gasteiger partial charge < -0.3 is 10.2 Å². The van der Waals surface area contributed by atoms with Crippen molar-refractivity contribution in [3.05, 3.63) is 42.4 Å². The molecule has 3 aromatic rings. The van der Waals surface area contributed by atoms with Crippen LogP contribution in [-0.4, -0.2) is 62.4 Å². The van der Waals surface area contributed by atoms with E-state index < -0.39 is 11.9 Å². The van der Waals surface area contributed by atoms with Gasteiger partial charge in [-0.25, -0.2) is 4.98 Å². The van der Waals surface area contributed by atoms with Crippen molar-refractivity contribution in [2.45, 2.75) is 37.8 Å². The molecule has 6 aliphatic carbocycles. The van der Waals surface area contributed by atoms with Crippen molar-refractivity contribution < 1.29 is 19.2 Å². The number of hydrogen-bond acceptors (Lipinski definition) is 7. The topological polar surface area (TPSA) is 130 Å². The molecule has 9 aliphatic rings. The van der Waals surface area contributed by atoms with Gasteiger partial charge in [-0.3, -0.25) is 34.1 Å². The first kappa shape index (κ1) is 23.2. The number of nitrogens with one attached hydrogen (secondary N) is 2. The molecule has 4 amide bonds.